The minimum atomic E-state index is -0.517. The zero-order valence-electron chi connectivity index (χ0n) is 17.3. The summed E-state index contributed by atoms with van der Waals surface area (Å²) in [6, 6.07) is 20.0. The summed E-state index contributed by atoms with van der Waals surface area (Å²) in [4.78, 5) is 23.9. The number of nitrogens with two attached hydrogens (primary N) is 1. The SMILES string of the molecule is C[C@@H](Sc1nnc(-c2ccco2)n1Cc1ccccc1)C(=O)Nc1ccc(C(N)=O)cc1. The van der Waals surface area contributed by atoms with Crippen LogP contribution >= 0.6 is 11.8 Å². The van der Waals surface area contributed by atoms with Crippen LogP contribution in [0.1, 0.15) is 22.8 Å². The first-order chi connectivity index (χ1) is 15.5. The fourth-order valence-corrected chi connectivity index (χ4v) is 3.89. The van der Waals surface area contributed by atoms with Gasteiger partial charge in [0.1, 0.15) is 0 Å². The van der Waals surface area contributed by atoms with Crippen LogP contribution < -0.4 is 11.1 Å². The van der Waals surface area contributed by atoms with E-state index < -0.39 is 11.2 Å². The average Bonchev–Trinajstić information content (AvgIpc) is 3.45. The van der Waals surface area contributed by atoms with Gasteiger partial charge in [0, 0.05) is 11.3 Å². The molecule has 0 bridgehead atoms. The fourth-order valence-electron chi connectivity index (χ4n) is 3.05. The Morgan fingerprint density at radius 1 is 1.06 bits per heavy atom. The molecule has 9 heteroatoms. The van der Waals surface area contributed by atoms with Gasteiger partial charge in [0.05, 0.1) is 18.1 Å². The van der Waals surface area contributed by atoms with Gasteiger partial charge >= 0.3 is 0 Å². The number of carbonyl (C=O) groups excluding carboxylic acids is 2. The van der Waals surface area contributed by atoms with Crippen molar-refractivity contribution >= 4 is 29.3 Å². The van der Waals surface area contributed by atoms with Gasteiger partial charge in [0.15, 0.2) is 10.9 Å². The Morgan fingerprint density at radius 3 is 2.47 bits per heavy atom. The quantitative estimate of drug-likeness (QED) is 0.397. The molecule has 0 unspecified atom stereocenters. The van der Waals surface area contributed by atoms with E-state index in [-0.39, 0.29) is 5.91 Å². The Kier molecular flexibility index (Phi) is 6.37. The van der Waals surface area contributed by atoms with E-state index in [2.05, 4.69) is 15.5 Å². The maximum absolute atomic E-state index is 12.7. The molecule has 0 saturated heterocycles. The number of carbonyl (C=O) groups is 2. The van der Waals surface area contributed by atoms with Gasteiger partial charge in [-0.15, -0.1) is 10.2 Å². The number of benzene rings is 2. The summed E-state index contributed by atoms with van der Waals surface area (Å²) >= 11 is 1.30. The molecule has 2 aromatic carbocycles. The van der Waals surface area contributed by atoms with Gasteiger partial charge < -0.3 is 15.5 Å². The van der Waals surface area contributed by atoms with E-state index in [0.717, 1.165) is 5.56 Å². The molecule has 4 rings (SSSR count). The Labute approximate surface area is 188 Å². The molecule has 0 spiro atoms. The van der Waals surface area contributed by atoms with Crippen molar-refractivity contribution in [3.8, 4) is 11.6 Å². The molecule has 3 N–H and O–H groups in total. The van der Waals surface area contributed by atoms with Crippen molar-refractivity contribution in [2.24, 2.45) is 5.73 Å². The third-order valence-electron chi connectivity index (χ3n) is 4.73. The number of primary amides is 1. The lowest BCUT2D eigenvalue weighted by molar-refractivity contribution is -0.115. The van der Waals surface area contributed by atoms with Crippen LogP contribution in [0.4, 0.5) is 5.69 Å². The topological polar surface area (TPSA) is 116 Å². The highest BCUT2D eigenvalue weighted by Gasteiger charge is 2.22. The highest BCUT2D eigenvalue weighted by molar-refractivity contribution is 8.00. The van der Waals surface area contributed by atoms with Crippen molar-refractivity contribution in [1.29, 1.82) is 0 Å². The van der Waals surface area contributed by atoms with Crippen LogP contribution in [0.5, 0.6) is 0 Å². The molecule has 0 aliphatic heterocycles. The molecule has 0 radical (unpaired) electrons. The standard InChI is InChI=1S/C23H21N5O3S/c1-15(22(30)25-18-11-9-17(10-12-18)20(24)29)32-23-27-26-21(19-8-5-13-31-19)28(23)14-16-6-3-2-4-7-16/h2-13,15H,14H2,1H3,(H2,24,29)(H,25,30)/t15-/m1/s1. The molecule has 2 heterocycles. The van der Waals surface area contributed by atoms with Crippen LogP contribution in [0.3, 0.4) is 0 Å². The van der Waals surface area contributed by atoms with Crippen molar-refractivity contribution < 1.29 is 14.0 Å². The van der Waals surface area contributed by atoms with Crippen LogP contribution in [0.15, 0.2) is 82.6 Å². The molecular formula is C23H21N5O3S. The third kappa shape index (κ3) is 4.89. The van der Waals surface area contributed by atoms with Gasteiger partial charge in [-0.3, -0.25) is 14.2 Å². The average molecular weight is 448 g/mol. The fraction of sp³-hybridized carbons (Fsp3) is 0.130. The highest BCUT2D eigenvalue weighted by atomic mass is 32.2. The molecule has 162 valence electrons. The van der Waals surface area contributed by atoms with Crippen molar-refractivity contribution in [3.05, 3.63) is 84.1 Å². The van der Waals surface area contributed by atoms with Gasteiger partial charge in [0.25, 0.3) is 0 Å². The highest BCUT2D eigenvalue weighted by Crippen LogP contribution is 2.28. The number of thioether (sulfide) groups is 1. The minimum Gasteiger partial charge on any atom is -0.461 e. The number of rotatable bonds is 8. The summed E-state index contributed by atoms with van der Waals surface area (Å²) in [7, 11) is 0. The molecule has 2 amide bonds. The number of amides is 2. The monoisotopic (exact) mass is 447 g/mol. The summed E-state index contributed by atoms with van der Waals surface area (Å²) in [5.74, 6) is 0.482. The van der Waals surface area contributed by atoms with E-state index in [1.54, 1.807) is 43.5 Å². The molecule has 0 aliphatic carbocycles. The number of nitrogens with one attached hydrogen (secondary N) is 1. The van der Waals surface area contributed by atoms with E-state index in [0.29, 0.717) is 34.5 Å². The molecule has 0 aliphatic rings. The number of nitrogens with zero attached hydrogens (tertiary/aromatic N) is 3. The number of hydrogen-bond donors (Lipinski definition) is 2. The number of aromatic nitrogens is 3. The largest absolute Gasteiger partial charge is 0.461 e. The van der Waals surface area contributed by atoms with E-state index in [1.165, 1.54) is 11.8 Å². The van der Waals surface area contributed by atoms with Gasteiger partial charge in [-0.25, -0.2) is 0 Å². The molecule has 1 atom stereocenters. The Morgan fingerprint density at radius 2 is 1.81 bits per heavy atom. The number of hydrogen-bond acceptors (Lipinski definition) is 6. The number of furan rings is 1. The zero-order chi connectivity index (χ0) is 22.5. The lowest BCUT2D eigenvalue weighted by Crippen LogP contribution is -2.23. The van der Waals surface area contributed by atoms with Gasteiger partial charge in [0.2, 0.25) is 17.6 Å². The van der Waals surface area contributed by atoms with Crippen LogP contribution in [0.25, 0.3) is 11.6 Å². The van der Waals surface area contributed by atoms with Crippen molar-refractivity contribution in [2.45, 2.75) is 23.9 Å². The molecule has 0 fully saturated rings. The van der Waals surface area contributed by atoms with E-state index in [1.807, 2.05) is 41.0 Å². The van der Waals surface area contributed by atoms with Crippen LogP contribution in [-0.2, 0) is 11.3 Å². The van der Waals surface area contributed by atoms with E-state index in [9.17, 15) is 9.59 Å². The predicted octanol–water partition coefficient (Wildman–Crippen LogP) is 3.80. The van der Waals surface area contributed by atoms with Crippen LogP contribution in [0, 0.1) is 0 Å². The van der Waals surface area contributed by atoms with Crippen molar-refractivity contribution in [1.82, 2.24) is 14.8 Å². The second-order valence-electron chi connectivity index (χ2n) is 7.05. The summed E-state index contributed by atoms with van der Waals surface area (Å²) in [6.07, 6.45) is 1.59. The van der Waals surface area contributed by atoms with Gasteiger partial charge in [-0.2, -0.15) is 0 Å². The maximum Gasteiger partial charge on any atom is 0.248 e. The van der Waals surface area contributed by atoms with Crippen LogP contribution in [-0.4, -0.2) is 31.8 Å². The molecule has 0 saturated carbocycles. The summed E-state index contributed by atoms with van der Waals surface area (Å²) in [6.45, 7) is 2.33. The lowest BCUT2D eigenvalue weighted by Gasteiger charge is -2.14. The third-order valence-corrected chi connectivity index (χ3v) is 5.81. The van der Waals surface area contributed by atoms with E-state index >= 15 is 0 Å². The summed E-state index contributed by atoms with van der Waals surface area (Å²) in [5, 5.41) is 11.6. The van der Waals surface area contributed by atoms with Crippen molar-refractivity contribution in [3.63, 3.8) is 0 Å². The normalized spacial score (nSPS) is 11.8. The van der Waals surface area contributed by atoms with E-state index in [4.69, 9.17) is 10.2 Å². The second kappa shape index (κ2) is 9.52. The molecular weight excluding hydrogens is 426 g/mol. The summed E-state index contributed by atoms with van der Waals surface area (Å²) < 4.78 is 7.46. The van der Waals surface area contributed by atoms with Crippen molar-refractivity contribution in [2.75, 3.05) is 5.32 Å². The van der Waals surface area contributed by atoms with Gasteiger partial charge in [-0.05, 0) is 48.9 Å². The minimum absolute atomic E-state index is 0.198. The maximum atomic E-state index is 12.7. The predicted molar refractivity (Wildman–Crippen MR) is 122 cm³/mol. The molecule has 8 nitrogen and oxygen atoms in total. The smallest absolute Gasteiger partial charge is 0.248 e. The Bertz CT molecular complexity index is 1200. The Balaban J connectivity index is 1.52. The second-order valence-corrected chi connectivity index (χ2v) is 8.35. The molecule has 4 aromatic rings. The summed E-state index contributed by atoms with van der Waals surface area (Å²) in [5.41, 5.74) is 7.29. The first-order valence-corrected chi connectivity index (χ1v) is 10.8. The first-order valence-electron chi connectivity index (χ1n) is 9.89. The zero-order valence-corrected chi connectivity index (χ0v) is 18.1. The lowest BCUT2D eigenvalue weighted by atomic mass is 10.2. The number of anilines is 1. The Hall–Kier alpha value is -3.85. The van der Waals surface area contributed by atoms with Crippen LogP contribution in [0.2, 0.25) is 0 Å². The first kappa shape index (κ1) is 21.4. The van der Waals surface area contributed by atoms with Gasteiger partial charge in [-0.1, -0.05) is 42.1 Å². The molecule has 2 aromatic heterocycles. The molecule has 32 heavy (non-hydrogen) atoms.